The van der Waals surface area contributed by atoms with Crippen LogP contribution in [0.5, 0.6) is 5.75 Å². The van der Waals surface area contributed by atoms with Crippen molar-refractivity contribution in [3.05, 3.63) is 24.0 Å². The number of nitrogens with zero attached hydrogens (tertiary/aromatic N) is 1. The SMILES string of the molecule is CCOC(C1CC1)C(NN)c1ncccc1OC. The Morgan fingerprint density at radius 3 is 2.89 bits per heavy atom. The first-order valence-electron chi connectivity index (χ1n) is 6.38. The molecule has 0 spiro atoms. The molecule has 2 rings (SSSR count). The van der Waals surface area contributed by atoms with Gasteiger partial charge in [-0.2, -0.15) is 0 Å². The lowest BCUT2D eigenvalue weighted by molar-refractivity contribution is 0.0169. The van der Waals surface area contributed by atoms with Gasteiger partial charge in [0.25, 0.3) is 0 Å². The van der Waals surface area contributed by atoms with Gasteiger partial charge in [0, 0.05) is 12.8 Å². The maximum Gasteiger partial charge on any atom is 0.142 e. The molecule has 1 aliphatic carbocycles. The number of aromatic nitrogens is 1. The molecule has 1 aromatic rings. The largest absolute Gasteiger partial charge is 0.495 e. The van der Waals surface area contributed by atoms with Gasteiger partial charge in [-0.15, -0.1) is 0 Å². The Bertz CT molecular complexity index is 382. The van der Waals surface area contributed by atoms with E-state index in [1.807, 2.05) is 19.1 Å². The Hall–Kier alpha value is -1.17. The number of hydrazine groups is 1. The number of nitrogens with one attached hydrogen (secondary N) is 1. The Labute approximate surface area is 108 Å². The maximum absolute atomic E-state index is 5.83. The molecule has 3 N–H and O–H groups in total. The van der Waals surface area contributed by atoms with Crippen LogP contribution in [0.1, 0.15) is 31.5 Å². The summed E-state index contributed by atoms with van der Waals surface area (Å²) in [6, 6.07) is 3.61. The molecule has 5 nitrogen and oxygen atoms in total. The Kier molecular flexibility index (Phi) is 4.52. The predicted octanol–water partition coefficient (Wildman–Crippen LogP) is 1.41. The minimum absolute atomic E-state index is 0.0591. The number of hydrogen-bond acceptors (Lipinski definition) is 5. The molecule has 18 heavy (non-hydrogen) atoms. The topological polar surface area (TPSA) is 69.4 Å². The number of hydrogen-bond donors (Lipinski definition) is 2. The highest BCUT2D eigenvalue weighted by Gasteiger charge is 2.39. The number of ether oxygens (including phenoxy) is 2. The Balaban J connectivity index is 2.24. The quantitative estimate of drug-likeness (QED) is 0.566. The summed E-state index contributed by atoms with van der Waals surface area (Å²) in [6.45, 7) is 2.67. The minimum Gasteiger partial charge on any atom is -0.495 e. The van der Waals surface area contributed by atoms with E-state index < -0.39 is 0 Å². The zero-order valence-corrected chi connectivity index (χ0v) is 10.9. The maximum atomic E-state index is 5.83. The number of methoxy groups -OCH3 is 1. The molecule has 2 atom stereocenters. The summed E-state index contributed by atoms with van der Waals surface area (Å²) >= 11 is 0. The fourth-order valence-electron chi connectivity index (χ4n) is 2.26. The van der Waals surface area contributed by atoms with Gasteiger partial charge < -0.3 is 9.47 Å². The summed E-state index contributed by atoms with van der Waals surface area (Å²) in [6.07, 6.45) is 4.19. The highest BCUT2D eigenvalue weighted by Crippen LogP contribution is 2.40. The van der Waals surface area contributed by atoms with Crippen LogP contribution in [0.3, 0.4) is 0 Å². The lowest BCUT2D eigenvalue weighted by Gasteiger charge is -2.27. The van der Waals surface area contributed by atoms with Crippen LogP contribution >= 0.6 is 0 Å². The van der Waals surface area contributed by atoms with Gasteiger partial charge in [-0.25, -0.2) is 5.43 Å². The Morgan fingerprint density at radius 2 is 2.33 bits per heavy atom. The van der Waals surface area contributed by atoms with E-state index in [0.717, 1.165) is 11.4 Å². The van der Waals surface area contributed by atoms with Crippen molar-refractivity contribution < 1.29 is 9.47 Å². The molecule has 1 heterocycles. The molecule has 0 bridgehead atoms. The zero-order chi connectivity index (χ0) is 13.0. The predicted molar refractivity (Wildman–Crippen MR) is 69.0 cm³/mol. The molecule has 0 aliphatic heterocycles. The van der Waals surface area contributed by atoms with E-state index in [2.05, 4.69) is 10.4 Å². The normalized spacial score (nSPS) is 18.4. The van der Waals surface area contributed by atoms with E-state index in [1.54, 1.807) is 13.3 Å². The highest BCUT2D eigenvalue weighted by molar-refractivity contribution is 5.30. The van der Waals surface area contributed by atoms with Crippen LogP contribution in [0.2, 0.25) is 0 Å². The molecule has 1 saturated carbocycles. The summed E-state index contributed by atoms with van der Waals surface area (Å²) in [5.41, 5.74) is 3.64. The summed E-state index contributed by atoms with van der Waals surface area (Å²) < 4.78 is 11.2. The monoisotopic (exact) mass is 251 g/mol. The molecular weight excluding hydrogens is 230 g/mol. The minimum atomic E-state index is -0.131. The van der Waals surface area contributed by atoms with Crippen LogP contribution in [0.15, 0.2) is 18.3 Å². The molecular formula is C13H21N3O2. The van der Waals surface area contributed by atoms with Crippen LogP contribution < -0.4 is 16.0 Å². The molecule has 5 heteroatoms. The highest BCUT2D eigenvalue weighted by atomic mass is 16.5. The zero-order valence-electron chi connectivity index (χ0n) is 10.9. The molecule has 2 unspecified atom stereocenters. The first-order chi connectivity index (χ1) is 8.81. The number of nitrogens with two attached hydrogens (primary N) is 1. The van der Waals surface area contributed by atoms with Crippen LogP contribution in [-0.2, 0) is 4.74 Å². The summed E-state index contributed by atoms with van der Waals surface area (Å²) in [7, 11) is 1.64. The second-order valence-corrected chi connectivity index (χ2v) is 4.49. The van der Waals surface area contributed by atoms with Gasteiger partial charge >= 0.3 is 0 Å². The van der Waals surface area contributed by atoms with Crippen molar-refractivity contribution in [2.75, 3.05) is 13.7 Å². The van der Waals surface area contributed by atoms with Gasteiger partial charge in [-0.3, -0.25) is 10.8 Å². The lowest BCUT2D eigenvalue weighted by atomic mass is 10.0. The fraction of sp³-hybridized carbons (Fsp3) is 0.615. The average Bonchev–Trinajstić information content (AvgIpc) is 3.23. The van der Waals surface area contributed by atoms with Gasteiger partial charge in [-0.05, 0) is 37.8 Å². The summed E-state index contributed by atoms with van der Waals surface area (Å²) in [5, 5.41) is 0. The molecule has 100 valence electrons. The van der Waals surface area contributed by atoms with Crippen molar-refractivity contribution in [1.29, 1.82) is 0 Å². The van der Waals surface area contributed by atoms with E-state index in [-0.39, 0.29) is 12.1 Å². The van der Waals surface area contributed by atoms with Crippen LogP contribution in [0.25, 0.3) is 0 Å². The van der Waals surface area contributed by atoms with Crippen molar-refractivity contribution in [3.8, 4) is 5.75 Å². The molecule has 0 radical (unpaired) electrons. The average molecular weight is 251 g/mol. The second kappa shape index (κ2) is 6.13. The van der Waals surface area contributed by atoms with E-state index in [4.69, 9.17) is 15.3 Å². The van der Waals surface area contributed by atoms with E-state index in [1.165, 1.54) is 12.8 Å². The molecule has 1 aromatic heterocycles. The van der Waals surface area contributed by atoms with Gasteiger partial charge in [0.05, 0.1) is 19.3 Å². The fourth-order valence-corrected chi connectivity index (χ4v) is 2.26. The first-order valence-corrected chi connectivity index (χ1v) is 6.38. The molecule has 1 fully saturated rings. The van der Waals surface area contributed by atoms with Gasteiger partial charge in [0.1, 0.15) is 11.4 Å². The first kappa shape index (κ1) is 13.3. The lowest BCUT2D eigenvalue weighted by Crippen LogP contribution is -2.40. The van der Waals surface area contributed by atoms with Gasteiger partial charge in [0.2, 0.25) is 0 Å². The van der Waals surface area contributed by atoms with Gasteiger partial charge in [0.15, 0.2) is 0 Å². The summed E-state index contributed by atoms with van der Waals surface area (Å²) in [4.78, 5) is 4.39. The van der Waals surface area contributed by atoms with Crippen LogP contribution in [0.4, 0.5) is 0 Å². The third kappa shape index (κ3) is 2.80. The van der Waals surface area contributed by atoms with Gasteiger partial charge in [-0.1, -0.05) is 0 Å². The third-order valence-corrected chi connectivity index (χ3v) is 3.27. The number of pyridine rings is 1. The van der Waals surface area contributed by atoms with Crippen LogP contribution in [-0.4, -0.2) is 24.8 Å². The van der Waals surface area contributed by atoms with Crippen molar-refractivity contribution >= 4 is 0 Å². The molecule has 0 aromatic carbocycles. The van der Waals surface area contributed by atoms with Crippen molar-refractivity contribution in [1.82, 2.24) is 10.4 Å². The van der Waals surface area contributed by atoms with E-state index in [9.17, 15) is 0 Å². The number of rotatable bonds is 7. The molecule has 1 aliphatic rings. The Morgan fingerprint density at radius 1 is 1.56 bits per heavy atom. The molecule has 0 amide bonds. The van der Waals surface area contributed by atoms with Crippen molar-refractivity contribution in [3.63, 3.8) is 0 Å². The van der Waals surface area contributed by atoms with E-state index >= 15 is 0 Å². The smallest absolute Gasteiger partial charge is 0.142 e. The van der Waals surface area contributed by atoms with E-state index in [0.29, 0.717) is 12.5 Å². The van der Waals surface area contributed by atoms with Crippen LogP contribution in [0, 0.1) is 5.92 Å². The van der Waals surface area contributed by atoms with Crippen molar-refractivity contribution in [2.24, 2.45) is 11.8 Å². The molecule has 0 saturated heterocycles. The van der Waals surface area contributed by atoms with Crippen molar-refractivity contribution in [2.45, 2.75) is 31.9 Å². The second-order valence-electron chi connectivity index (χ2n) is 4.49. The standard InChI is InChI=1S/C13H21N3O2/c1-3-18-13(9-6-7-9)12(16-14)11-10(17-2)5-4-8-15-11/h4-5,8-9,12-13,16H,3,6-7,14H2,1-2H3. The third-order valence-electron chi connectivity index (χ3n) is 3.27. The summed E-state index contributed by atoms with van der Waals surface area (Å²) in [5.74, 6) is 7.01.